The summed E-state index contributed by atoms with van der Waals surface area (Å²) in [5.74, 6) is -0.403. The van der Waals surface area contributed by atoms with Crippen LogP contribution in [0, 0.1) is 0 Å². The Morgan fingerprint density at radius 2 is 1.59 bits per heavy atom. The van der Waals surface area contributed by atoms with Crippen molar-refractivity contribution >= 4 is 27.0 Å². The van der Waals surface area contributed by atoms with Gasteiger partial charge in [0.2, 0.25) is 15.9 Å². The molecule has 0 fully saturated rings. The standard InChI is InChI=1S/C22H26N4O5S/c1-24(15-20(27)23-13-7-10-16-8-5-4-6-9-16)32(30,31)17-11-12-18-19(14-17)26(3)22(29)21(28)25(18)2/h4-6,8-9,11-12,14H,7,10,13,15H2,1-3H3,(H,23,27). The highest BCUT2D eigenvalue weighted by atomic mass is 32.2. The second kappa shape index (κ2) is 9.49. The van der Waals surface area contributed by atoms with Gasteiger partial charge >= 0.3 is 11.1 Å². The van der Waals surface area contributed by atoms with Gasteiger partial charge in [0.25, 0.3) is 0 Å². The molecule has 0 atom stereocenters. The first-order valence-electron chi connectivity index (χ1n) is 10.1. The van der Waals surface area contributed by atoms with E-state index in [-0.39, 0.29) is 11.4 Å². The van der Waals surface area contributed by atoms with Crippen LogP contribution in [-0.4, -0.2) is 47.9 Å². The Hall–Kier alpha value is -3.24. The molecule has 10 heteroatoms. The van der Waals surface area contributed by atoms with Gasteiger partial charge in [-0.25, -0.2) is 8.42 Å². The number of nitrogens with one attached hydrogen (secondary N) is 1. The summed E-state index contributed by atoms with van der Waals surface area (Å²) in [6.07, 6.45) is 1.55. The zero-order chi connectivity index (χ0) is 23.5. The third kappa shape index (κ3) is 4.81. The van der Waals surface area contributed by atoms with Crippen molar-refractivity contribution in [1.29, 1.82) is 0 Å². The van der Waals surface area contributed by atoms with Crippen LogP contribution in [0.3, 0.4) is 0 Å². The minimum absolute atomic E-state index is 0.0713. The second-order valence-electron chi connectivity index (χ2n) is 7.58. The Labute approximate surface area is 186 Å². The van der Waals surface area contributed by atoms with Crippen molar-refractivity contribution < 1.29 is 13.2 Å². The lowest BCUT2D eigenvalue weighted by atomic mass is 10.1. The molecule has 9 nitrogen and oxygen atoms in total. The fraction of sp³-hybridized carbons (Fsp3) is 0.318. The van der Waals surface area contributed by atoms with E-state index < -0.39 is 27.0 Å². The largest absolute Gasteiger partial charge is 0.355 e. The van der Waals surface area contributed by atoms with Crippen LogP contribution < -0.4 is 16.4 Å². The normalized spacial score (nSPS) is 11.8. The molecule has 1 amide bonds. The number of rotatable bonds is 8. The van der Waals surface area contributed by atoms with E-state index in [1.165, 1.54) is 49.5 Å². The van der Waals surface area contributed by atoms with Gasteiger partial charge in [-0.1, -0.05) is 30.3 Å². The highest BCUT2D eigenvalue weighted by molar-refractivity contribution is 7.89. The number of benzene rings is 2. The number of nitrogens with zero attached hydrogens (tertiary/aromatic N) is 3. The van der Waals surface area contributed by atoms with Crippen molar-refractivity contribution in [3.8, 4) is 0 Å². The highest BCUT2D eigenvalue weighted by Crippen LogP contribution is 2.19. The summed E-state index contributed by atoms with van der Waals surface area (Å²) >= 11 is 0. The van der Waals surface area contributed by atoms with Gasteiger partial charge in [-0.3, -0.25) is 14.4 Å². The number of amides is 1. The third-order valence-corrected chi connectivity index (χ3v) is 7.14. The number of fused-ring (bicyclic) bond motifs is 1. The van der Waals surface area contributed by atoms with Crippen molar-refractivity contribution in [3.05, 3.63) is 74.8 Å². The predicted molar refractivity (Wildman–Crippen MR) is 122 cm³/mol. The smallest absolute Gasteiger partial charge is 0.316 e. The number of carbonyl (C=O) groups excluding carboxylic acids is 1. The molecule has 0 unspecified atom stereocenters. The SMILES string of the molecule is CN(CC(=O)NCCCc1ccccc1)S(=O)(=O)c1ccc2c(c1)n(C)c(=O)c(=O)n2C. The molecule has 32 heavy (non-hydrogen) atoms. The van der Waals surface area contributed by atoms with Crippen LogP contribution >= 0.6 is 0 Å². The summed E-state index contributed by atoms with van der Waals surface area (Å²) in [5, 5.41) is 2.74. The van der Waals surface area contributed by atoms with Crippen LogP contribution in [0.25, 0.3) is 11.0 Å². The molecule has 3 rings (SSSR count). The number of aromatic nitrogens is 2. The summed E-state index contributed by atoms with van der Waals surface area (Å²) in [5.41, 5.74) is 0.450. The Kier molecular flexibility index (Phi) is 6.95. The molecule has 0 aliphatic rings. The van der Waals surface area contributed by atoms with Crippen molar-refractivity contribution in [3.63, 3.8) is 0 Å². The molecule has 0 saturated heterocycles. The molecule has 0 spiro atoms. The van der Waals surface area contributed by atoms with Crippen LogP contribution in [0.4, 0.5) is 0 Å². The molecular formula is C22H26N4O5S. The van der Waals surface area contributed by atoms with Crippen LogP contribution in [0.1, 0.15) is 12.0 Å². The number of aryl methyl sites for hydroxylation is 3. The van der Waals surface area contributed by atoms with E-state index in [1.807, 2.05) is 30.3 Å². The van der Waals surface area contributed by atoms with E-state index in [4.69, 9.17) is 0 Å². The van der Waals surface area contributed by atoms with Gasteiger partial charge in [-0.15, -0.1) is 0 Å². The van der Waals surface area contributed by atoms with Crippen LogP contribution in [0.5, 0.6) is 0 Å². The number of sulfonamides is 1. The van der Waals surface area contributed by atoms with E-state index in [2.05, 4.69) is 5.32 Å². The first-order valence-corrected chi connectivity index (χ1v) is 11.5. The van der Waals surface area contributed by atoms with E-state index in [0.29, 0.717) is 17.6 Å². The molecule has 1 N–H and O–H groups in total. The summed E-state index contributed by atoms with van der Waals surface area (Å²) in [6, 6.07) is 14.0. The number of likely N-dealkylation sites (N-methyl/N-ethyl adjacent to an activating group) is 1. The molecule has 0 bridgehead atoms. The van der Waals surface area contributed by atoms with Gasteiger partial charge in [-0.05, 0) is 36.6 Å². The van der Waals surface area contributed by atoms with Crippen molar-refractivity contribution in [1.82, 2.24) is 18.8 Å². The van der Waals surface area contributed by atoms with E-state index in [1.54, 1.807) is 0 Å². The van der Waals surface area contributed by atoms with Crippen LogP contribution in [0.15, 0.2) is 63.0 Å². The Balaban J connectivity index is 1.69. The van der Waals surface area contributed by atoms with Gasteiger partial charge in [0, 0.05) is 27.7 Å². The predicted octanol–water partition coefficient (Wildman–Crippen LogP) is 0.607. The molecule has 0 radical (unpaired) electrons. The highest BCUT2D eigenvalue weighted by Gasteiger charge is 2.24. The number of hydrogen-bond donors (Lipinski definition) is 1. The summed E-state index contributed by atoms with van der Waals surface area (Å²) < 4.78 is 29.2. The van der Waals surface area contributed by atoms with E-state index in [0.717, 1.165) is 21.7 Å². The van der Waals surface area contributed by atoms with Crippen molar-refractivity contribution in [2.75, 3.05) is 20.1 Å². The van der Waals surface area contributed by atoms with E-state index in [9.17, 15) is 22.8 Å². The zero-order valence-electron chi connectivity index (χ0n) is 18.2. The molecule has 0 aliphatic heterocycles. The average molecular weight is 459 g/mol. The van der Waals surface area contributed by atoms with Gasteiger partial charge in [0.05, 0.1) is 22.5 Å². The lowest BCUT2D eigenvalue weighted by molar-refractivity contribution is -0.121. The topological polar surface area (TPSA) is 110 Å². The molecule has 170 valence electrons. The minimum atomic E-state index is -3.98. The molecule has 1 aromatic heterocycles. The second-order valence-corrected chi connectivity index (χ2v) is 9.62. The quantitative estimate of drug-likeness (QED) is 0.393. The number of carbonyl (C=O) groups is 1. The maximum atomic E-state index is 13.0. The van der Waals surface area contributed by atoms with Crippen molar-refractivity contribution in [2.24, 2.45) is 14.1 Å². The minimum Gasteiger partial charge on any atom is -0.355 e. The summed E-state index contributed by atoms with van der Waals surface area (Å²) in [4.78, 5) is 36.2. The lowest BCUT2D eigenvalue weighted by Gasteiger charge is -2.18. The molecule has 0 saturated carbocycles. The Morgan fingerprint density at radius 1 is 0.969 bits per heavy atom. The summed E-state index contributed by atoms with van der Waals surface area (Å²) in [7, 11) is 0.205. The monoisotopic (exact) mass is 458 g/mol. The molecule has 1 heterocycles. The van der Waals surface area contributed by atoms with Gasteiger partial charge < -0.3 is 14.5 Å². The maximum Gasteiger partial charge on any atom is 0.316 e. The van der Waals surface area contributed by atoms with Gasteiger partial charge in [0.15, 0.2) is 0 Å². The fourth-order valence-electron chi connectivity index (χ4n) is 3.41. The van der Waals surface area contributed by atoms with E-state index >= 15 is 0 Å². The average Bonchev–Trinajstić information content (AvgIpc) is 2.79. The summed E-state index contributed by atoms with van der Waals surface area (Å²) in [6.45, 7) is 0.103. The lowest BCUT2D eigenvalue weighted by Crippen LogP contribution is -2.40. The zero-order valence-corrected chi connectivity index (χ0v) is 19.1. The van der Waals surface area contributed by atoms with Crippen molar-refractivity contribution in [2.45, 2.75) is 17.7 Å². The van der Waals surface area contributed by atoms with Crippen LogP contribution in [0.2, 0.25) is 0 Å². The number of hydrogen-bond acceptors (Lipinski definition) is 5. The van der Waals surface area contributed by atoms with Gasteiger partial charge in [-0.2, -0.15) is 4.31 Å². The third-order valence-electron chi connectivity index (χ3n) is 5.34. The maximum absolute atomic E-state index is 13.0. The van der Waals surface area contributed by atoms with Crippen LogP contribution in [-0.2, 0) is 35.3 Å². The molecular weight excluding hydrogens is 432 g/mol. The first-order chi connectivity index (χ1) is 15.1. The molecule has 0 aliphatic carbocycles. The van der Waals surface area contributed by atoms with Gasteiger partial charge in [0.1, 0.15) is 0 Å². The fourth-order valence-corrected chi connectivity index (χ4v) is 4.56. The molecule has 2 aromatic carbocycles. The first kappa shape index (κ1) is 23.4. The Bertz CT molecular complexity index is 1360. The molecule has 3 aromatic rings. The Morgan fingerprint density at radius 3 is 2.25 bits per heavy atom.